The number of anilines is 2. The first-order valence-electron chi connectivity index (χ1n) is 12.4. The molecule has 0 spiro atoms. The Morgan fingerprint density at radius 2 is 1.46 bits per heavy atom. The lowest BCUT2D eigenvalue weighted by Gasteiger charge is -2.14. The van der Waals surface area contributed by atoms with Gasteiger partial charge >= 0.3 is 0 Å². The van der Waals surface area contributed by atoms with Crippen LogP contribution in [0.3, 0.4) is 0 Å². The van der Waals surface area contributed by atoms with Gasteiger partial charge in [0.1, 0.15) is 5.70 Å². The summed E-state index contributed by atoms with van der Waals surface area (Å²) in [5.41, 5.74) is 2.16. The maximum atomic E-state index is 13.3. The second-order valence-electron chi connectivity index (χ2n) is 8.78. The van der Waals surface area contributed by atoms with Gasteiger partial charge in [-0.05, 0) is 114 Å². The first-order chi connectivity index (χ1) is 19.7. The normalized spacial score (nSPS) is 11.9. The summed E-state index contributed by atoms with van der Waals surface area (Å²) in [4.78, 5) is 39.6. The maximum Gasteiger partial charge on any atom is 0.272 e. The Labute approximate surface area is 266 Å². The fourth-order valence-electron chi connectivity index (χ4n) is 3.57. The Hall–Kier alpha value is -3.31. The Kier molecular flexibility index (Phi) is 10.9. The number of rotatable bonds is 9. The molecule has 41 heavy (non-hydrogen) atoms. The first-order valence-corrected chi connectivity index (χ1v) is 15.1. The molecular weight excluding hydrogens is 692 g/mol. The summed E-state index contributed by atoms with van der Waals surface area (Å²) in [5.74, 6) is -1.09. The molecule has 6 nitrogen and oxygen atoms in total. The van der Waals surface area contributed by atoms with E-state index < -0.39 is 11.8 Å². The van der Waals surface area contributed by atoms with Crippen molar-refractivity contribution in [1.29, 1.82) is 0 Å². The van der Waals surface area contributed by atoms with Crippen LogP contribution in [0.1, 0.15) is 22.8 Å². The Morgan fingerprint density at radius 1 is 0.829 bits per heavy atom. The average Bonchev–Trinajstić information content (AvgIpc) is 2.96. The lowest BCUT2D eigenvalue weighted by molar-refractivity contribution is -0.115. The smallest absolute Gasteiger partial charge is 0.272 e. The van der Waals surface area contributed by atoms with Crippen LogP contribution in [0.5, 0.6) is 0 Å². The van der Waals surface area contributed by atoms with E-state index in [1.807, 2.05) is 43.3 Å². The predicted octanol–water partition coefficient (Wildman–Crippen LogP) is 8.13. The zero-order chi connectivity index (χ0) is 29.4. The van der Waals surface area contributed by atoms with Crippen LogP contribution < -0.4 is 16.0 Å². The molecule has 0 fully saturated rings. The van der Waals surface area contributed by atoms with Crippen molar-refractivity contribution in [3.8, 4) is 0 Å². The van der Waals surface area contributed by atoms with E-state index in [4.69, 9.17) is 23.2 Å². The van der Waals surface area contributed by atoms with Crippen LogP contribution in [0.15, 0.2) is 108 Å². The molecule has 4 aromatic rings. The van der Waals surface area contributed by atoms with Gasteiger partial charge in [0.2, 0.25) is 5.91 Å². The van der Waals surface area contributed by atoms with Crippen LogP contribution in [0.2, 0.25) is 10.0 Å². The Balaban J connectivity index is 1.45. The van der Waals surface area contributed by atoms with Gasteiger partial charge in [-0.15, -0.1) is 11.8 Å². The molecule has 4 aromatic carbocycles. The van der Waals surface area contributed by atoms with E-state index in [2.05, 4.69) is 38.5 Å². The molecule has 0 saturated carbocycles. The van der Waals surface area contributed by atoms with Gasteiger partial charge in [0.05, 0.1) is 5.25 Å². The summed E-state index contributed by atoms with van der Waals surface area (Å²) in [6.07, 6.45) is 1.49. The summed E-state index contributed by atoms with van der Waals surface area (Å²) < 4.78 is 1.09. The van der Waals surface area contributed by atoms with Crippen LogP contribution in [0.25, 0.3) is 6.08 Å². The minimum absolute atomic E-state index is 0.00224. The van der Waals surface area contributed by atoms with E-state index in [9.17, 15) is 14.4 Å². The number of halogens is 3. The monoisotopic (exact) mass is 715 g/mol. The molecule has 1 unspecified atom stereocenters. The molecule has 0 bridgehead atoms. The third-order valence-electron chi connectivity index (χ3n) is 5.70. The van der Waals surface area contributed by atoms with Crippen molar-refractivity contribution in [2.75, 3.05) is 10.6 Å². The molecule has 3 N–H and O–H groups in total. The number of carbonyl (C=O) groups excluding carboxylic acids is 3. The summed E-state index contributed by atoms with van der Waals surface area (Å²) in [6, 6.07) is 28.1. The molecule has 1 atom stereocenters. The third kappa shape index (κ3) is 9.09. The molecule has 0 aliphatic heterocycles. The second-order valence-corrected chi connectivity index (χ2v) is 12.3. The third-order valence-corrected chi connectivity index (χ3v) is 8.09. The van der Waals surface area contributed by atoms with Gasteiger partial charge in [0.25, 0.3) is 11.8 Å². The van der Waals surface area contributed by atoms with Crippen molar-refractivity contribution >= 4 is 92.7 Å². The molecule has 0 saturated heterocycles. The van der Waals surface area contributed by atoms with Crippen molar-refractivity contribution in [3.63, 3.8) is 0 Å². The molecule has 0 aliphatic carbocycles. The van der Waals surface area contributed by atoms with Crippen molar-refractivity contribution in [1.82, 2.24) is 5.32 Å². The van der Waals surface area contributed by atoms with Crippen molar-refractivity contribution in [3.05, 3.63) is 128 Å². The molecule has 0 aliphatic rings. The Bertz CT molecular complexity index is 1580. The van der Waals surface area contributed by atoms with Crippen LogP contribution in [0.4, 0.5) is 11.4 Å². The highest BCUT2D eigenvalue weighted by Gasteiger charge is 2.17. The van der Waals surface area contributed by atoms with Crippen LogP contribution in [0, 0.1) is 3.57 Å². The lowest BCUT2D eigenvalue weighted by Crippen LogP contribution is -2.30. The van der Waals surface area contributed by atoms with Crippen molar-refractivity contribution < 1.29 is 14.4 Å². The molecule has 4 rings (SSSR count). The number of hydrogen-bond acceptors (Lipinski definition) is 4. The standard InChI is InChI=1S/C31H24Cl2IN3O3S/c1-19(29(38)35-24-11-9-23(34)10-12-24)41-26-15-13-25(14-16-26)36-31(40)28(17-21-7-8-22(32)18-27(21)33)37-30(39)20-5-3-2-4-6-20/h2-19H,1H3,(H,35,38)(H,36,40)(H,37,39)/b28-17-. The number of carbonyl (C=O) groups is 3. The minimum atomic E-state index is -0.536. The van der Waals surface area contributed by atoms with Crippen molar-refractivity contribution in [2.45, 2.75) is 17.1 Å². The summed E-state index contributed by atoms with van der Waals surface area (Å²) in [6.45, 7) is 1.83. The summed E-state index contributed by atoms with van der Waals surface area (Å²) in [5, 5.41) is 8.85. The zero-order valence-corrected chi connectivity index (χ0v) is 26.1. The van der Waals surface area contributed by atoms with E-state index in [1.54, 1.807) is 60.7 Å². The topological polar surface area (TPSA) is 87.3 Å². The van der Waals surface area contributed by atoms with Gasteiger partial charge in [-0.2, -0.15) is 0 Å². The largest absolute Gasteiger partial charge is 0.325 e. The number of hydrogen-bond donors (Lipinski definition) is 3. The average molecular weight is 716 g/mol. The number of benzene rings is 4. The highest BCUT2D eigenvalue weighted by atomic mass is 127. The SMILES string of the molecule is CC(Sc1ccc(NC(=O)/C(=C/c2ccc(Cl)cc2Cl)NC(=O)c2ccccc2)cc1)C(=O)Nc1ccc(I)cc1. The van der Waals surface area contributed by atoms with E-state index in [1.165, 1.54) is 17.8 Å². The van der Waals surface area contributed by atoms with E-state index in [0.717, 1.165) is 14.2 Å². The lowest BCUT2D eigenvalue weighted by atomic mass is 10.1. The van der Waals surface area contributed by atoms with Crippen molar-refractivity contribution in [2.24, 2.45) is 0 Å². The summed E-state index contributed by atoms with van der Waals surface area (Å²) >= 11 is 15.9. The molecule has 3 amide bonds. The molecule has 10 heteroatoms. The second kappa shape index (κ2) is 14.5. The number of nitrogens with one attached hydrogen (secondary N) is 3. The van der Waals surface area contributed by atoms with Gasteiger partial charge in [-0.25, -0.2) is 0 Å². The summed E-state index contributed by atoms with van der Waals surface area (Å²) in [7, 11) is 0. The van der Waals surface area contributed by atoms with Gasteiger partial charge in [0.15, 0.2) is 0 Å². The van der Waals surface area contributed by atoms with Gasteiger partial charge < -0.3 is 16.0 Å². The van der Waals surface area contributed by atoms with E-state index >= 15 is 0 Å². The zero-order valence-electron chi connectivity index (χ0n) is 21.7. The highest BCUT2D eigenvalue weighted by molar-refractivity contribution is 14.1. The number of amides is 3. The van der Waals surface area contributed by atoms with E-state index in [0.29, 0.717) is 26.9 Å². The molecule has 0 aromatic heterocycles. The highest BCUT2D eigenvalue weighted by Crippen LogP contribution is 2.27. The fraction of sp³-hybridized carbons (Fsp3) is 0.0645. The Morgan fingerprint density at radius 3 is 2.12 bits per heavy atom. The first kappa shape index (κ1) is 30.6. The number of thioether (sulfide) groups is 1. The van der Waals surface area contributed by atoms with E-state index in [-0.39, 0.29) is 16.9 Å². The molecule has 208 valence electrons. The predicted molar refractivity (Wildman–Crippen MR) is 177 cm³/mol. The molecule has 0 radical (unpaired) electrons. The van der Waals surface area contributed by atoms with Crippen LogP contribution in [-0.2, 0) is 9.59 Å². The molecule has 0 heterocycles. The van der Waals surface area contributed by atoms with Crippen LogP contribution >= 0.6 is 57.6 Å². The maximum absolute atomic E-state index is 13.3. The fourth-order valence-corrected chi connectivity index (χ4v) is 5.26. The quantitative estimate of drug-likeness (QED) is 0.0928. The minimum Gasteiger partial charge on any atom is -0.325 e. The van der Waals surface area contributed by atoms with Gasteiger partial charge in [0, 0.05) is 35.4 Å². The van der Waals surface area contributed by atoms with Gasteiger partial charge in [-0.3, -0.25) is 14.4 Å². The molecular formula is C31H24Cl2IN3O3S. The van der Waals surface area contributed by atoms with Gasteiger partial charge in [-0.1, -0.05) is 47.5 Å². The van der Waals surface area contributed by atoms with Crippen LogP contribution in [-0.4, -0.2) is 23.0 Å².